The van der Waals surface area contributed by atoms with Crippen LogP contribution in [0.5, 0.6) is 0 Å². The number of methoxy groups -OCH3 is 1. The first-order valence-corrected chi connectivity index (χ1v) is 4.07. The SMILES string of the molecule is COC(C)(C)CC(C)=C(C)C. The Morgan fingerprint density at radius 3 is 1.91 bits per heavy atom. The Labute approximate surface area is 70.4 Å². The molecule has 0 unspecified atom stereocenters. The van der Waals surface area contributed by atoms with Gasteiger partial charge >= 0.3 is 0 Å². The molecule has 0 aromatic rings. The molecule has 0 rings (SSSR count). The van der Waals surface area contributed by atoms with Crippen LogP contribution in [-0.2, 0) is 4.74 Å². The summed E-state index contributed by atoms with van der Waals surface area (Å²) in [5.41, 5.74) is 2.81. The van der Waals surface area contributed by atoms with Crippen molar-refractivity contribution < 1.29 is 4.74 Å². The number of ether oxygens (including phenoxy) is 1. The zero-order chi connectivity index (χ0) is 9.07. The van der Waals surface area contributed by atoms with Crippen LogP contribution in [0.2, 0.25) is 0 Å². The van der Waals surface area contributed by atoms with E-state index in [0.717, 1.165) is 6.42 Å². The Bertz CT molecular complexity index is 150. The van der Waals surface area contributed by atoms with Gasteiger partial charge in [0.15, 0.2) is 0 Å². The molecule has 0 aliphatic heterocycles. The zero-order valence-electron chi connectivity index (χ0n) is 8.62. The van der Waals surface area contributed by atoms with E-state index in [0.29, 0.717) is 0 Å². The Kier molecular flexibility index (Phi) is 3.81. The Morgan fingerprint density at radius 2 is 1.64 bits per heavy atom. The second kappa shape index (κ2) is 3.91. The largest absolute Gasteiger partial charge is 0.378 e. The van der Waals surface area contributed by atoms with Crippen molar-refractivity contribution in [1.29, 1.82) is 0 Å². The maximum absolute atomic E-state index is 5.32. The third kappa shape index (κ3) is 4.20. The first-order valence-electron chi connectivity index (χ1n) is 4.07. The summed E-state index contributed by atoms with van der Waals surface area (Å²) < 4.78 is 5.32. The van der Waals surface area contributed by atoms with E-state index in [-0.39, 0.29) is 5.60 Å². The van der Waals surface area contributed by atoms with Crippen molar-refractivity contribution in [1.82, 2.24) is 0 Å². The second-order valence-electron chi connectivity index (χ2n) is 3.92. The molecular formula is C10H20O. The topological polar surface area (TPSA) is 9.23 Å². The molecule has 0 N–H and O–H groups in total. The van der Waals surface area contributed by atoms with Gasteiger partial charge in [-0.2, -0.15) is 0 Å². The number of hydrogen-bond acceptors (Lipinski definition) is 1. The van der Waals surface area contributed by atoms with Crippen LogP contribution in [0, 0.1) is 0 Å². The van der Waals surface area contributed by atoms with Crippen molar-refractivity contribution in [3.63, 3.8) is 0 Å². The Morgan fingerprint density at radius 1 is 1.18 bits per heavy atom. The Balaban J connectivity index is 4.15. The standard InChI is InChI=1S/C10H20O/c1-8(2)9(3)7-10(4,5)11-6/h7H2,1-6H3. The molecule has 1 heteroatoms. The minimum atomic E-state index is -0.0125. The molecule has 0 amide bonds. The van der Waals surface area contributed by atoms with Crippen LogP contribution in [-0.4, -0.2) is 12.7 Å². The van der Waals surface area contributed by atoms with Crippen molar-refractivity contribution in [2.45, 2.75) is 46.6 Å². The second-order valence-corrected chi connectivity index (χ2v) is 3.92. The minimum Gasteiger partial charge on any atom is -0.378 e. The summed E-state index contributed by atoms with van der Waals surface area (Å²) >= 11 is 0. The van der Waals surface area contributed by atoms with Gasteiger partial charge in [-0.3, -0.25) is 0 Å². The van der Waals surface area contributed by atoms with Gasteiger partial charge in [0.25, 0.3) is 0 Å². The molecule has 66 valence electrons. The van der Waals surface area contributed by atoms with E-state index in [1.165, 1.54) is 11.1 Å². The van der Waals surface area contributed by atoms with E-state index in [2.05, 4.69) is 34.6 Å². The van der Waals surface area contributed by atoms with Crippen LogP contribution < -0.4 is 0 Å². The monoisotopic (exact) mass is 156 g/mol. The van der Waals surface area contributed by atoms with E-state index in [9.17, 15) is 0 Å². The third-order valence-corrected chi connectivity index (χ3v) is 2.10. The molecule has 1 nitrogen and oxygen atoms in total. The van der Waals surface area contributed by atoms with Gasteiger partial charge in [-0.15, -0.1) is 0 Å². The van der Waals surface area contributed by atoms with Crippen LogP contribution in [0.3, 0.4) is 0 Å². The smallest absolute Gasteiger partial charge is 0.0659 e. The maximum atomic E-state index is 5.32. The summed E-state index contributed by atoms with van der Waals surface area (Å²) in [6, 6.07) is 0. The van der Waals surface area contributed by atoms with E-state index in [1.807, 2.05) is 0 Å². The van der Waals surface area contributed by atoms with Gasteiger partial charge in [-0.1, -0.05) is 11.1 Å². The molecule has 0 aromatic carbocycles. The van der Waals surface area contributed by atoms with Crippen molar-refractivity contribution in [3.8, 4) is 0 Å². The highest BCUT2D eigenvalue weighted by atomic mass is 16.5. The fraction of sp³-hybridized carbons (Fsp3) is 0.800. The Hall–Kier alpha value is -0.300. The third-order valence-electron chi connectivity index (χ3n) is 2.10. The number of allylic oxidation sites excluding steroid dienone is 1. The van der Waals surface area contributed by atoms with Crippen LogP contribution in [0.4, 0.5) is 0 Å². The van der Waals surface area contributed by atoms with Gasteiger partial charge in [0.2, 0.25) is 0 Å². The summed E-state index contributed by atoms with van der Waals surface area (Å²) in [6.45, 7) is 10.7. The molecule has 0 saturated heterocycles. The highest BCUT2D eigenvalue weighted by molar-refractivity contribution is 5.09. The van der Waals surface area contributed by atoms with Gasteiger partial charge < -0.3 is 4.74 Å². The maximum Gasteiger partial charge on any atom is 0.0659 e. The molecule has 0 aromatic heterocycles. The van der Waals surface area contributed by atoms with Crippen LogP contribution in [0.1, 0.15) is 41.0 Å². The van der Waals surface area contributed by atoms with Crippen LogP contribution in [0.25, 0.3) is 0 Å². The van der Waals surface area contributed by atoms with E-state index in [4.69, 9.17) is 4.74 Å². The summed E-state index contributed by atoms with van der Waals surface area (Å²) in [4.78, 5) is 0. The van der Waals surface area contributed by atoms with Gasteiger partial charge in [-0.05, 0) is 41.0 Å². The van der Waals surface area contributed by atoms with Crippen LogP contribution in [0.15, 0.2) is 11.1 Å². The molecule has 0 fully saturated rings. The summed E-state index contributed by atoms with van der Waals surface area (Å²) in [5.74, 6) is 0. The predicted molar refractivity (Wildman–Crippen MR) is 49.8 cm³/mol. The van der Waals surface area contributed by atoms with Crippen molar-refractivity contribution >= 4 is 0 Å². The lowest BCUT2D eigenvalue weighted by Gasteiger charge is -2.23. The van der Waals surface area contributed by atoms with Gasteiger partial charge in [0.1, 0.15) is 0 Å². The molecule has 11 heavy (non-hydrogen) atoms. The molecule has 0 saturated carbocycles. The molecule has 0 bridgehead atoms. The first kappa shape index (κ1) is 10.7. The molecule has 0 radical (unpaired) electrons. The van der Waals surface area contributed by atoms with Crippen LogP contribution >= 0.6 is 0 Å². The summed E-state index contributed by atoms with van der Waals surface area (Å²) in [6.07, 6.45) is 1.02. The van der Waals surface area contributed by atoms with E-state index < -0.39 is 0 Å². The van der Waals surface area contributed by atoms with Crippen molar-refractivity contribution in [3.05, 3.63) is 11.1 Å². The fourth-order valence-corrected chi connectivity index (χ4v) is 0.888. The number of hydrogen-bond donors (Lipinski definition) is 0. The van der Waals surface area contributed by atoms with E-state index in [1.54, 1.807) is 7.11 Å². The molecule has 0 aliphatic carbocycles. The zero-order valence-corrected chi connectivity index (χ0v) is 8.62. The highest BCUT2D eigenvalue weighted by Crippen LogP contribution is 2.20. The lowest BCUT2D eigenvalue weighted by Crippen LogP contribution is -2.22. The number of rotatable bonds is 3. The van der Waals surface area contributed by atoms with Crippen molar-refractivity contribution in [2.75, 3.05) is 7.11 Å². The molecule has 0 spiro atoms. The van der Waals surface area contributed by atoms with Gasteiger partial charge in [0, 0.05) is 7.11 Å². The fourth-order valence-electron chi connectivity index (χ4n) is 0.888. The highest BCUT2D eigenvalue weighted by Gasteiger charge is 2.16. The summed E-state index contributed by atoms with van der Waals surface area (Å²) in [5, 5.41) is 0. The summed E-state index contributed by atoms with van der Waals surface area (Å²) in [7, 11) is 1.76. The van der Waals surface area contributed by atoms with E-state index >= 15 is 0 Å². The van der Waals surface area contributed by atoms with Gasteiger partial charge in [-0.25, -0.2) is 0 Å². The molecule has 0 aliphatic rings. The molecule has 0 atom stereocenters. The predicted octanol–water partition coefficient (Wildman–Crippen LogP) is 3.16. The first-order chi connectivity index (χ1) is 4.89. The van der Waals surface area contributed by atoms with Gasteiger partial charge in [0.05, 0.1) is 5.60 Å². The normalized spacial score (nSPS) is 11.5. The van der Waals surface area contributed by atoms with Crippen molar-refractivity contribution in [2.24, 2.45) is 0 Å². The molecule has 0 heterocycles. The quantitative estimate of drug-likeness (QED) is 0.570. The minimum absolute atomic E-state index is 0.0125. The lowest BCUT2D eigenvalue weighted by molar-refractivity contribution is 0.0231. The average Bonchev–Trinajstić information content (AvgIpc) is 1.87. The average molecular weight is 156 g/mol. The lowest BCUT2D eigenvalue weighted by atomic mass is 9.97. The molecular weight excluding hydrogens is 136 g/mol.